The second kappa shape index (κ2) is 7.77. The molecule has 1 N–H and O–H groups in total. The fourth-order valence-electron chi connectivity index (χ4n) is 2.57. The van der Waals surface area contributed by atoms with Gasteiger partial charge in [0.2, 0.25) is 5.91 Å². The summed E-state index contributed by atoms with van der Waals surface area (Å²) in [6.07, 6.45) is 0.291. The normalized spacial score (nSPS) is 10.3. The van der Waals surface area contributed by atoms with Crippen molar-refractivity contribution in [1.82, 2.24) is 0 Å². The Morgan fingerprint density at radius 2 is 1.62 bits per heavy atom. The molecule has 4 nitrogen and oxygen atoms in total. The van der Waals surface area contributed by atoms with Crippen LogP contribution in [0.3, 0.4) is 0 Å². The molecule has 0 atom stereocenters. The monoisotopic (exact) mass is 325 g/mol. The first-order valence-corrected chi connectivity index (χ1v) is 7.95. The van der Waals surface area contributed by atoms with Gasteiger partial charge >= 0.3 is 0 Å². The van der Waals surface area contributed by atoms with Crippen LogP contribution in [0.4, 0.5) is 5.69 Å². The number of methoxy groups -OCH3 is 1. The Morgan fingerprint density at radius 1 is 0.958 bits per heavy atom. The Hall–Kier alpha value is -2.62. The number of rotatable bonds is 6. The molecular weight excluding hydrogens is 302 g/mol. The fourth-order valence-corrected chi connectivity index (χ4v) is 2.57. The molecule has 0 aliphatic rings. The third-order valence-electron chi connectivity index (χ3n) is 3.89. The van der Waals surface area contributed by atoms with E-state index in [1.54, 1.807) is 12.1 Å². The van der Waals surface area contributed by atoms with Gasteiger partial charge in [0.15, 0.2) is 5.78 Å². The minimum atomic E-state index is -0.165. The van der Waals surface area contributed by atoms with Crippen molar-refractivity contribution < 1.29 is 14.3 Å². The summed E-state index contributed by atoms with van der Waals surface area (Å²) >= 11 is 0. The van der Waals surface area contributed by atoms with Crippen molar-refractivity contribution in [3.05, 3.63) is 58.7 Å². The fraction of sp³-hybridized carbons (Fsp3) is 0.300. The Bertz CT molecular complexity index is 765. The van der Waals surface area contributed by atoms with Gasteiger partial charge in [0.1, 0.15) is 5.75 Å². The molecule has 0 saturated carbocycles. The average molecular weight is 325 g/mol. The lowest BCUT2D eigenvalue weighted by molar-refractivity contribution is -0.116. The van der Waals surface area contributed by atoms with E-state index in [4.69, 9.17) is 4.74 Å². The van der Waals surface area contributed by atoms with Gasteiger partial charge in [0, 0.05) is 18.5 Å². The quantitative estimate of drug-likeness (QED) is 0.809. The van der Waals surface area contributed by atoms with E-state index >= 15 is 0 Å². The van der Waals surface area contributed by atoms with Gasteiger partial charge < -0.3 is 10.1 Å². The van der Waals surface area contributed by atoms with E-state index in [0.717, 1.165) is 22.4 Å². The maximum absolute atomic E-state index is 12.4. The summed E-state index contributed by atoms with van der Waals surface area (Å²) in [4.78, 5) is 24.5. The summed E-state index contributed by atoms with van der Waals surface area (Å²) in [5.41, 5.74) is 4.45. The van der Waals surface area contributed by atoms with Crippen LogP contribution >= 0.6 is 0 Å². The van der Waals surface area contributed by atoms with Crippen molar-refractivity contribution in [2.75, 3.05) is 12.4 Å². The number of hydrogen-bond acceptors (Lipinski definition) is 3. The van der Waals surface area contributed by atoms with Gasteiger partial charge in [-0.05, 0) is 44.5 Å². The molecule has 0 aromatic heterocycles. The van der Waals surface area contributed by atoms with Gasteiger partial charge in [-0.1, -0.05) is 29.3 Å². The molecule has 1 amide bonds. The van der Waals surface area contributed by atoms with Crippen molar-refractivity contribution in [3.8, 4) is 5.75 Å². The highest BCUT2D eigenvalue weighted by Gasteiger charge is 2.14. The average Bonchev–Trinajstić information content (AvgIpc) is 2.55. The lowest BCUT2D eigenvalue weighted by Gasteiger charge is -2.10. The highest BCUT2D eigenvalue weighted by atomic mass is 16.5. The van der Waals surface area contributed by atoms with Crippen LogP contribution in [0.5, 0.6) is 5.75 Å². The maximum atomic E-state index is 12.4. The van der Waals surface area contributed by atoms with Crippen molar-refractivity contribution in [1.29, 1.82) is 0 Å². The molecule has 0 spiro atoms. The van der Waals surface area contributed by atoms with Crippen LogP contribution in [0.25, 0.3) is 0 Å². The van der Waals surface area contributed by atoms with E-state index in [1.165, 1.54) is 7.11 Å². The molecule has 4 heteroatoms. The van der Waals surface area contributed by atoms with Crippen LogP contribution in [0.15, 0.2) is 36.4 Å². The van der Waals surface area contributed by atoms with Crippen molar-refractivity contribution in [2.24, 2.45) is 0 Å². The lowest BCUT2D eigenvalue weighted by atomic mass is 10.0. The molecule has 126 valence electrons. The first kappa shape index (κ1) is 17.7. The number of ketones is 1. The molecule has 0 fully saturated rings. The topological polar surface area (TPSA) is 55.4 Å². The van der Waals surface area contributed by atoms with E-state index in [1.807, 2.05) is 45.0 Å². The van der Waals surface area contributed by atoms with Crippen molar-refractivity contribution in [3.63, 3.8) is 0 Å². The number of amides is 1. The number of anilines is 1. The van der Waals surface area contributed by atoms with Crippen LogP contribution in [0.2, 0.25) is 0 Å². The predicted molar refractivity (Wildman–Crippen MR) is 95.8 cm³/mol. The zero-order chi connectivity index (χ0) is 17.7. The zero-order valence-electron chi connectivity index (χ0n) is 14.6. The molecule has 0 aliphatic heterocycles. The zero-order valence-corrected chi connectivity index (χ0v) is 14.6. The Labute approximate surface area is 142 Å². The van der Waals surface area contributed by atoms with E-state index in [0.29, 0.717) is 11.3 Å². The molecule has 0 unspecified atom stereocenters. The first-order valence-electron chi connectivity index (χ1n) is 7.95. The van der Waals surface area contributed by atoms with Crippen LogP contribution in [-0.4, -0.2) is 18.8 Å². The van der Waals surface area contributed by atoms with Crippen LogP contribution < -0.4 is 10.1 Å². The maximum Gasteiger partial charge on any atom is 0.224 e. The summed E-state index contributed by atoms with van der Waals surface area (Å²) in [5, 5.41) is 2.86. The minimum absolute atomic E-state index is 0.0914. The van der Waals surface area contributed by atoms with Gasteiger partial charge in [-0.15, -0.1) is 0 Å². The Balaban J connectivity index is 1.99. The van der Waals surface area contributed by atoms with Crippen molar-refractivity contribution in [2.45, 2.75) is 33.6 Å². The number of Topliss-reactive ketones (excluding diaryl/α,β-unsaturated/α-hetero) is 1. The second-order valence-electron chi connectivity index (χ2n) is 5.99. The molecule has 2 aromatic carbocycles. The molecule has 0 aliphatic carbocycles. The molecule has 2 rings (SSSR count). The molecule has 0 heterocycles. The largest absolute Gasteiger partial charge is 0.496 e. The number of aryl methyl sites for hydroxylation is 3. The molecule has 0 bridgehead atoms. The third-order valence-corrected chi connectivity index (χ3v) is 3.89. The summed E-state index contributed by atoms with van der Waals surface area (Å²) in [5.74, 6) is 0.286. The SMILES string of the molecule is COc1ccc(C)cc1C(=O)CCC(=O)Nc1ccc(C)cc1C. The molecular formula is C20H23NO3. The molecule has 24 heavy (non-hydrogen) atoms. The standard InChI is InChI=1S/C20H23NO3/c1-13-5-7-17(15(3)11-13)21-20(23)10-8-18(22)16-12-14(2)6-9-19(16)24-4/h5-7,9,11-12H,8,10H2,1-4H3,(H,21,23). The number of carbonyl (C=O) groups excluding carboxylic acids is 2. The van der Waals surface area contributed by atoms with Crippen molar-refractivity contribution >= 4 is 17.4 Å². The van der Waals surface area contributed by atoms with Gasteiger partial charge in [-0.3, -0.25) is 9.59 Å². The van der Waals surface area contributed by atoms with Crippen LogP contribution in [-0.2, 0) is 4.79 Å². The molecule has 0 saturated heterocycles. The van der Waals surface area contributed by atoms with Gasteiger partial charge in [-0.25, -0.2) is 0 Å². The lowest BCUT2D eigenvalue weighted by Crippen LogP contribution is -2.14. The van der Waals surface area contributed by atoms with Crippen LogP contribution in [0.1, 0.15) is 39.9 Å². The highest BCUT2D eigenvalue weighted by molar-refractivity contribution is 6.02. The number of hydrogen-bond donors (Lipinski definition) is 1. The third kappa shape index (κ3) is 4.44. The predicted octanol–water partition coefficient (Wildman–Crippen LogP) is 4.22. The Morgan fingerprint density at radius 3 is 2.29 bits per heavy atom. The molecule has 0 radical (unpaired) electrons. The highest BCUT2D eigenvalue weighted by Crippen LogP contribution is 2.22. The summed E-state index contributed by atoms with van der Waals surface area (Å²) in [7, 11) is 1.54. The van der Waals surface area contributed by atoms with Gasteiger partial charge in [0.25, 0.3) is 0 Å². The molecule has 2 aromatic rings. The minimum Gasteiger partial charge on any atom is -0.496 e. The summed E-state index contributed by atoms with van der Waals surface area (Å²) in [6, 6.07) is 11.3. The van der Waals surface area contributed by atoms with E-state index in [9.17, 15) is 9.59 Å². The number of carbonyl (C=O) groups is 2. The number of nitrogens with one attached hydrogen (secondary N) is 1. The smallest absolute Gasteiger partial charge is 0.224 e. The summed E-state index contributed by atoms with van der Waals surface area (Å²) in [6.45, 7) is 5.88. The van der Waals surface area contributed by atoms with E-state index in [2.05, 4.69) is 5.32 Å². The first-order chi connectivity index (χ1) is 11.4. The van der Waals surface area contributed by atoms with Gasteiger partial charge in [0.05, 0.1) is 12.7 Å². The van der Waals surface area contributed by atoms with E-state index in [-0.39, 0.29) is 24.5 Å². The van der Waals surface area contributed by atoms with Crippen LogP contribution in [0, 0.1) is 20.8 Å². The Kier molecular flexibility index (Phi) is 5.74. The number of ether oxygens (including phenoxy) is 1. The second-order valence-corrected chi connectivity index (χ2v) is 5.99. The van der Waals surface area contributed by atoms with E-state index < -0.39 is 0 Å². The van der Waals surface area contributed by atoms with Gasteiger partial charge in [-0.2, -0.15) is 0 Å². The number of benzene rings is 2. The summed E-state index contributed by atoms with van der Waals surface area (Å²) < 4.78 is 5.23.